The Kier molecular flexibility index (Phi) is 5.65. The Labute approximate surface area is 91.8 Å². The fraction of sp³-hybridized carbons (Fsp3) is 0.909. The SMILES string of the molecule is CCCNCCNC(=O)C1CC1OCC. The first-order valence-electron chi connectivity index (χ1n) is 5.89. The van der Waals surface area contributed by atoms with Crippen LogP contribution in [0, 0.1) is 5.92 Å². The minimum atomic E-state index is 0.108. The van der Waals surface area contributed by atoms with Gasteiger partial charge in [-0.2, -0.15) is 0 Å². The molecule has 0 spiro atoms. The second kappa shape index (κ2) is 6.80. The Morgan fingerprint density at radius 1 is 1.33 bits per heavy atom. The monoisotopic (exact) mass is 214 g/mol. The van der Waals surface area contributed by atoms with Crippen LogP contribution in [0.1, 0.15) is 26.7 Å². The molecule has 1 rings (SSSR count). The Hall–Kier alpha value is -0.610. The first kappa shape index (κ1) is 12.5. The molecular formula is C11H22N2O2. The van der Waals surface area contributed by atoms with Crippen molar-refractivity contribution < 1.29 is 9.53 Å². The van der Waals surface area contributed by atoms with Gasteiger partial charge < -0.3 is 15.4 Å². The van der Waals surface area contributed by atoms with E-state index in [4.69, 9.17) is 4.74 Å². The highest BCUT2D eigenvalue weighted by Gasteiger charge is 2.43. The molecule has 2 atom stereocenters. The molecule has 1 amide bonds. The molecule has 1 aliphatic carbocycles. The molecule has 1 aliphatic rings. The van der Waals surface area contributed by atoms with E-state index in [0.717, 1.165) is 25.9 Å². The Balaban J connectivity index is 1.96. The molecule has 0 aromatic rings. The van der Waals surface area contributed by atoms with E-state index >= 15 is 0 Å². The van der Waals surface area contributed by atoms with E-state index < -0.39 is 0 Å². The maximum absolute atomic E-state index is 11.5. The van der Waals surface area contributed by atoms with Crippen LogP contribution in [-0.4, -0.2) is 38.3 Å². The third kappa shape index (κ3) is 4.62. The van der Waals surface area contributed by atoms with Crippen LogP contribution in [0.3, 0.4) is 0 Å². The average molecular weight is 214 g/mol. The van der Waals surface area contributed by atoms with Crippen molar-refractivity contribution in [3.8, 4) is 0 Å². The van der Waals surface area contributed by atoms with Crippen LogP contribution in [0.5, 0.6) is 0 Å². The summed E-state index contributed by atoms with van der Waals surface area (Å²) in [6.07, 6.45) is 2.20. The zero-order chi connectivity index (χ0) is 11.1. The van der Waals surface area contributed by atoms with Crippen LogP contribution < -0.4 is 10.6 Å². The predicted molar refractivity (Wildman–Crippen MR) is 59.7 cm³/mol. The van der Waals surface area contributed by atoms with Crippen LogP contribution >= 0.6 is 0 Å². The van der Waals surface area contributed by atoms with Gasteiger partial charge in [0.05, 0.1) is 12.0 Å². The number of ether oxygens (including phenoxy) is 1. The van der Waals surface area contributed by atoms with Crippen molar-refractivity contribution in [3.05, 3.63) is 0 Å². The van der Waals surface area contributed by atoms with Crippen molar-refractivity contribution in [1.82, 2.24) is 10.6 Å². The highest BCUT2D eigenvalue weighted by molar-refractivity contribution is 5.82. The van der Waals surface area contributed by atoms with Crippen LogP contribution in [0.25, 0.3) is 0 Å². The van der Waals surface area contributed by atoms with Crippen molar-refractivity contribution in [1.29, 1.82) is 0 Å². The van der Waals surface area contributed by atoms with Crippen LogP contribution in [-0.2, 0) is 9.53 Å². The smallest absolute Gasteiger partial charge is 0.225 e. The quantitative estimate of drug-likeness (QED) is 0.579. The first-order valence-corrected chi connectivity index (χ1v) is 5.89. The Bertz CT molecular complexity index is 197. The molecule has 4 heteroatoms. The molecule has 0 saturated heterocycles. The number of hydrogen-bond acceptors (Lipinski definition) is 3. The summed E-state index contributed by atoms with van der Waals surface area (Å²) >= 11 is 0. The normalized spacial score (nSPS) is 23.9. The summed E-state index contributed by atoms with van der Waals surface area (Å²) in [6.45, 7) is 7.37. The van der Waals surface area contributed by atoms with Gasteiger partial charge in [0.25, 0.3) is 0 Å². The molecule has 0 bridgehead atoms. The molecule has 0 radical (unpaired) electrons. The standard InChI is InChI=1S/C11H22N2O2/c1-3-5-12-6-7-13-11(14)9-8-10(9)15-4-2/h9-10,12H,3-8H2,1-2H3,(H,13,14). The van der Waals surface area contributed by atoms with Crippen molar-refractivity contribution in [2.24, 2.45) is 5.92 Å². The van der Waals surface area contributed by atoms with E-state index in [9.17, 15) is 4.79 Å². The summed E-state index contributed by atoms with van der Waals surface area (Å²) in [5.74, 6) is 0.253. The van der Waals surface area contributed by atoms with Crippen molar-refractivity contribution in [2.75, 3.05) is 26.2 Å². The molecule has 0 aromatic carbocycles. The number of carbonyl (C=O) groups excluding carboxylic acids is 1. The highest BCUT2D eigenvalue weighted by atomic mass is 16.5. The lowest BCUT2D eigenvalue weighted by molar-refractivity contribution is -0.123. The fourth-order valence-electron chi connectivity index (χ4n) is 1.55. The summed E-state index contributed by atoms with van der Waals surface area (Å²) in [5.41, 5.74) is 0. The molecule has 4 nitrogen and oxygen atoms in total. The fourth-order valence-corrected chi connectivity index (χ4v) is 1.55. The molecule has 1 saturated carbocycles. The highest BCUT2D eigenvalue weighted by Crippen LogP contribution is 2.33. The van der Waals surface area contributed by atoms with Crippen molar-refractivity contribution in [3.63, 3.8) is 0 Å². The van der Waals surface area contributed by atoms with Gasteiger partial charge in [0, 0.05) is 19.7 Å². The Morgan fingerprint density at radius 3 is 2.80 bits per heavy atom. The van der Waals surface area contributed by atoms with E-state index in [1.165, 1.54) is 0 Å². The topological polar surface area (TPSA) is 50.4 Å². The van der Waals surface area contributed by atoms with Gasteiger partial charge in [-0.3, -0.25) is 4.79 Å². The minimum absolute atomic E-state index is 0.108. The maximum atomic E-state index is 11.5. The summed E-state index contributed by atoms with van der Waals surface area (Å²) < 4.78 is 5.35. The van der Waals surface area contributed by atoms with E-state index in [2.05, 4.69) is 17.6 Å². The van der Waals surface area contributed by atoms with E-state index in [-0.39, 0.29) is 17.9 Å². The molecular weight excluding hydrogens is 192 g/mol. The molecule has 88 valence electrons. The number of amides is 1. The molecule has 2 N–H and O–H groups in total. The van der Waals surface area contributed by atoms with Gasteiger partial charge in [0.1, 0.15) is 0 Å². The van der Waals surface area contributed by atoms with E-state index in [0.29, 0.717) is 13.2 Å². The van der Waals surface area contributed by atoms with Crippen LogP contribution in [0.2, 0.25) is 0 Å². The van der Waals surface area contributed by atoms with Gasteiger partial charge in [-0.1, -0.05) is 6.92 Å². The van der Waals surface area contributed by atoms with Crippen LogP contribution in [0.4, 0.5) is 0 Å². The van der Waals surface area contributed by atoms with Gasteiger partial charge >= 0.3 is 0 Å². The van der Waals surface area contributed by atoms with Crippen molar-refractivity contribution in [2.45, 2.75) is 32.8 Å². The summed E-state index contributed by atoms with van der Waals surface area (Å²) in [5, 5.41) is 6.15. The maximum Gasteiger partial charge on any atom is 0.225 e. The average Bonchev–Trinajstić information content (AvgIpc) is 2.97. The summed E-state index contributed by atoms with van der Waals surface area (Å²) in [6, 6.07) is 0. The third-order valence-electron chi connectivity index (χ3n) is 2.48. The van der Waals surface area contributed by atoms with Gasteiger partial charge in [-0.05, 0) is 26.3 Å². The zero-order valence-corrected chi connectivity index (χ0v) is 9.71. The van der Waals surface area contributed by atoms with Gasteiger partial charge in [0.15, 0.2) is 0 Å². The Morgan fingerprint density at radius 2 is 2.13 bits per heavy atom. The first-order chi connectivity index (χ1) is 7.29. The lowest BCUT2D eigenvalue weighted by Gasteiger charge is -2.05. The predicted octanol–water partition coefficient (Wildman–Crippen LogP) is 0.527. The summed E-state index contributed by atoms with van der Waals surface area (Å²) in [4.78, 5) is 11.5. The van der Waals surface area contributed by atoms with Crippen LogP contribution in [0.15, 0.2) is 0 Å². The number of hydrogen-bond donors (Lipinski definition) is 2. The van der Waals surface area contributed by atoms with Gasteiger partial charge in [-0.15, -0.1) is 0 Å². The third-order valence-corrected chi connectivity index (χ3v) is 2.48. The zero-order valence-electron chi connectivity index (χ0n) is 9.71. The second-order valence-electron chi connectivity index (χ2n) is 3.88. The van der Waals surface area contributed by atoms with Gasteiger partial charge in [0.2, 0.25) is 5.91 Å². The van der Waals surface area contributed by atoms with Crippen molar-refractivity contribution >= 4 is 5.91 Å². The largest absolute Gasteiger partial charge is 0.378 e. The molecule has 1 fully saturated rings. The van der Waals surface area contributed by atoms with Gasteiger partial charge in [-0.25, -0.2) is 0 Å². The number of carbonyl (C=O) groups is 1. The number of nitrogens with one attached hydrogen (secondary N) is 2. The molecule has 15 heavy (non-hydrogen) atoms. The minimum Gasteiger partial charge on any atom is -0.378 e. The lowest BCUT2D eigenvalue weighted by Crippen LogP contribution is -2.33. The molecule has 0 aromatic heterocycles. The lowest BCUT2D eigenvalue weighted by atomic mass is 10.4. The van der Waals surface area contributed by atoms with E-state index in [1.807, 2.05) is 6.92 Å². The van der Waals surface area contributed by atoms with E-state index in [1.54, 1.807) is 0 Å². The summed E-state index contributed by atoms with van der Waals surface area (Å²) in [7, 11) is 0. The molecule has 0 heterocycles. The second-order valence-corrected chi connectivity index (χ2v) is 3.88. The molecule has 2 unspecified atom stereocenters. The number of rotatable bonds is 8. The molecule has 0 aliphatic heterocycles.